The number of hydrogen-bond donors (Lipinski definition) is 2. The SMILES string of the molecule is C[C@@]12OC3(CCCC3)O[C@@H]1[C@@](C)(CO)O[C@H]2N1C=CC(=O)[NH2+]C1=O. The zero-order valence-electron chi connectivity index (χ0n) is 13.9. The lowest BCUT2D eigenvalue weighted by Crippen LogP contribution is -2.95. The molecule has 0 aromatic heterocycles. The van der Waals surface area contributed by atoms with Gasteiger partial charge in [-0.2, -0.15) is 5.32 Å². The number of urea groups is 1. The first-order chi connectivity index (χ1) is 11.3. The highest BCUT2D eigenvalue weighted by atomic mass is 16.8. The van der Waals surface area contributed by atoms with Gasteiger partial charge in [-0.3, -0.25) is 0 Å². The van der Waals surface area contributed by atoms with E-state index in [-0.39, 0.29) is 12.5 Å². The Balaban J connectivity index is 1.72. The number of quaternary nitrogens is 1. The van der Waals surface area contributed by atoms with Gasteiger partial charge in [-0.1, -0.05) is 0 Å². The van der Waals surface area contributed by atoms with Crippen LogP contribution in [0.5, 0.6) is 0 Å². The molecular formula is C16H23N2O6+. The molecule has 2 saturated heterocycles. The van der Waals surface area contributed by atoms with E-state index in [1.54, 1.807) is 6.92 Å². The van der Waals surface area contributed by atoms with Crippen molar-refractivity contribution in [1.29, 1.82) is 0 Å². The second kappa shape index (κ2) is 5.09. The van der Waals surface area contributed by atoms with Gasteiger partial charge in [-0.25, -0.2) is 14.5 Å². The van der Waals surface area contributed by atoms with Crippen LogP contribution in [-0.2, 0) is 19.0 Å². The van der Waals surface area contributed by atoms with E-state index in [0.29, 0.717) is 0 Å². The summed E-state index contributed by atoms with van der Waals surface area (Å²) in [7, 11) is 0. The monoisotopic (exact) mass is 339 g/mol. The topological polar surface area (TPSA) is 102 Å². The summed E-state index contributed by atoms with van der Waals surface area (Å²) in [5.74, 6) is -1.02. The second-order valence-electron chi connectivity index (χ2n) is 7.45. The quantitative estimate of drug-likeness (QED) is 0.708. The minimum atomic E-state index is -0.985. The van der Waals surface area contributed by atoms with Gasteiger partial charge in [0.2, 0.25) is 0 Å². The predicted molar refractivity (Wildman–Crippen MR) is 79.2 cm³/mol. The molecule has 0 aromatic rings. The van der Waals surface area contributed by atoms with Gasteiger partial charge in [0.25, 0.3) is 0 Å². The molecule has 3 N–H and O–H groups in total. The summed E-state index contributed by atoms with van der Waals surface area (Å²) in [4.78, 5) is 25.1. The molecule has 132 valence electrons. The lowest BCUT2D eigenvalue weighted by molar-refractivity contribution is -0.477. The average Bonchev–Trinajstić information content (AvgIpc) is 3.16. The number of nitrogens with two attached hydrogens (primary N) is 1. The fourth-order valence-electron chi connectivity index (χ4n) is 4.41. The Morgan fingerprint density at radius 2 is 2.00 bits per heavy atom. The smallest absolute Gasteiger partial charge is 0.393 e. The van der Waals surface area contributed by atoms with Crippen LogP contribution < -0.4 is 5.32 Å². The molecule has 8 heteroatoms. The van der Waals surface area contributed by atoms with Crippen molar-refractivity contribution in [2.24, 2.45) is 0 Å². The first-order valence-corrected chi connectivity index (χ1v) is 8.38. The van der Waals surface area contributed by atoms with Crippen LogP contribution in [0.4, 0.5) is 4.79 Å². The number of amides is 3. The van der Waals surface area contributed by atoms with Crippen molar-refractivity contribution in [2.75, 3.05) is 6.61 Å². The number of aliphatic hydroxyl groups is 1. The third-order valence-electron chi connectivity index (χ3n) is 5.54. The zero-order chi connectivity index (χ0) is 17.2. The largest absolute Gasteiger partial charge is 0.429 e. The van der Waals surface area contributed by atoms with Gasteiger partial charge in [0, 0.05) is 19.0 Å². The molecule has 3 aliphatic heterocycles. The normalized spacial score (nSPS) is 43.9. The molecule has 1 saturated carbocycles. The number of rotatable bonds is 2. The Morgan fingerprint density at radius 3 is 2.62 bits per heavy atom. The summed E-state index contributed by atoms with van der Waals surface area (Å²) in [5, 5.41) is 10.9. The summed E-state index contributed by atoms with van der Waals surface area (Å²) in [6, 6.07) is -0.453. The number of carbonyl (C=O) groups excluding carboxylic acids is 2. The molecule has 0 radical (unpaired) electrons. The number of nitrogens with zero attached hydrogens (tertiary/aromatic N) is 1. The average molecular weight is 339 g/mol. The Bertz CT molecular complexity index is 616. The van der Waals surface area contributed by atoms with Gasteiger partial charge in [-0.15, -0.1) is 0 Å². The van der Waals surface area contributed by atoms with Gasteiger partial charge in [0.1, 0.15) is 17.3 Å². The highest BCUT2D eigenvalue weighted by molar-refractivity contribution is 5.89. The maximum Gasteiger partial charge on any atom is 0.429 e. The number of hydrogen-bond acceptors (Lipinski definition) is 6. The van der Waals surface area contributed by atoms with Crippen LogP contribution in [0.15, 0.2) is 12.3 Å². The van der Waals surface area contributed by atoms with Crippen LogP contribution in [-0.4, -0.2) is 57.9 Å². The van der Waals surface area contributed by atoms with Crippen LogP contribution in [0, 0.1) is 0 Å². The van der Waals surface area contributed by atoms with Gasteiger partial charge in [-0.05, 0) is 26.7 Å². The van der Waals surface area contributed by atoms with Crippen LogP contribution in [0.2, 0.25) is 0 Å². The molecule has 8 nitrogen and oxygen atoms in total. The van der Waals surface area contributed by atoms with E-state index in [9.17, 15) is 14.7 Å². The summed E-state index contributed by atoms with van der Waals surface area (Å²) < 4.78 is 18.7. The highest BCUT2D eigenvalue weighted by Crippen LogP contribution is 2.55. The number of primary amides is 2. The number of carbonyl (C=O) groups is 2. The highest BCUT2D eigenvalue weighted by Gasteiger charge is 2.71. The zero-order valence-corrected chi connectivity index (χ0v) is 13.9. The number of imide groups is 1. The molecule has 4 rings (SSSR count). The maximum absolute atomic E-state index is 12.3. The van der Waals surface area contributed by atoms with E-state index in [2.05, 4.69) is 0 Å². The van der Waals surface area contributed by atoms with Gasteiger partial charge < -0.3 is 19.3 Å². The van der Waals surface area contributed by atoms with E-state index >= 15 is 0 Å². The van der Waals surface area contributed by atoms with Crippen molar-refractivity contribution in [3.63, 3.8) is 0 Å². The first-order valence-electron chi connectivity index (χ1n) is 8.38. The van der Waals surface area contributed by atoms with Crippen LogP contribution in [0.25, 0.3) is 0 Å². The Labute approximate surface area is 139 Å². The molecule has 0 unspecified atom stereocenters. The molecule has 1 aliphatic carbocycles. The van der Waals surface area contributed by atoms with Crippen LogP contribution >= 0.6 is 0 Å². The molecule has 0 bridgehead atoms. The van der Waals surface area contributed by atoms with Crippen LogP contribution in [0.1, 0.15) is 39.5 Å². The lowest BCUT2D eigenvalue weighted by atomic mass is 9.89. The van der Waals surface area contributed by atoms with Gasteiger partial charge in [0.15, 0.2) is 12.0 Å². The molecule has 24 heavy (non-hydrogen) atoms. The third kappa shape index (κ3) is 2.11. The van der Waals surface area contributed by atoms with Crippen molar-refractivity contribution >= 4 is 11.9 Å². The molecule has 0 aromatic carbocycles. The number of aliphatic hydroxyl groups excluding tert-OH is 1. The standard InChI is InChI=1S/C16H22N2O6/c1-14(9-19)11-15(2,24-16(22-11)6-3-4-7-16)12(23-14)18-8-5-10(20)17-13(18)21/h5,8,11-12,19H,3-4,6-7,9H2,1-2H3,(H,17,20,21)/p+1/t11-,12-,14-,15-/m1/s1. The fourth-order valence-corrected chi connectivity index (χ4v) is 4.41. The Kier molecular flexibility index (Phi) is 3.43. The van der Waals surface area contributed by atoms with E-state index < -0.39 is 35.4 Å². The first kappa shape index (κ1) is 16.2. The van der Waals surface area contributed by atoms with E-state index in [4.69, 9.17) is 14.2 Å². The maximum atomic E-state index is 12.3. The molecular weight excluding hydrogens is 316 g/mol. The van der Waals surface area contributed by atoms with Gasteiger partial charge >= 0.3 is 11.9 Å². The fraction of sp³-hybridized carbons (Fsp3) is 0.750. The molecule has 3 amide bonds. The van der Waals surface area contributed by atoms with E-state index in [0.717, 1.165) is 31.0 Å². The molecule has 4 aliphatic rings. The third-order valence-corrected chi connectivity index (χ3v) is 5.54. The molecule has 3 fully saturated rings. The number of fused-ring (bicyclic) bond motifs is 1. The van der Waals surface area contributed by atoms with Crippen molar-refractivity contribution < 1.29 is 34.2 Å². The van der Waals surface area contributed by atoms with Crippen molar-refractivity contribution in [3.05, 3.63) is 12.3 Å². The van der Waals surface area contributed by atoms with Gasteiger partial charge in [0.05, 0.1) is 12.7 Å². The second-order valence-corrected chi connectivity index (χ2v) is 7.45. The Morgan fingerprint density at radius 1 is 1.29 bits per heavy atom. The molecule has 1 spiro atoms. The van der Waals surface area contributed by atoms with Crippen molar-refractivity contribution in [1.82, 2.24) is 4.90 Å². The Hall–Kier alpha value is -1.32. The van der Waals surface area contributed by atoms with Crippen LogP contribution in [0.3, 0.4) is 0 Å². The van der Waals surface area contributed by atoms with E-state index in [1.807, 2.05) is 6.92 Å². The lowest BCUT2D eigenvalue weighted by Gasteiger charge is -2.36. The summed E-state index contributed by atoms with van der Waals surface area (Å²) in [5.41, 5.74) is -1.91. The summed E-state index contributed by atoms with van der Waals surface area (Å²) >= 11 is 0. The minimum Gasteiger partial charge on any atom is -0.393 e. The minimum absolute atomic E-state index is 0.252. The molecule has 4 atom stereocenters. The summed E-state index contributed by atoms with van der Waals surface area (Å²) in [6.45, 7) is 3.37. The predicted octanol–water partition coefficient (Wildman–Crippen LogP) is -0.423. The van der Waals surface area contributed by atoms with E-state index in [1.165, 1.54) is 17.2 Å². The summed E-state index contributed by atoms with van der Waals surface area (Å²) in [6.07, 6.45) is 5.10. The number of ether oxygens (including phenoxy) is 3. The molecule has 3 heterocycles. The van der Waals surface area contributed by atoms with Crippen molar-refractivity contribution in [2.45, 2.75) is 68.9 Å². The van der Waals surface area contributed by atoms with Crippen molar-refractivity contribution in [3.8, 4) is 0 Å².